The van der Waals surface area contributed by atoms with Crippen LogP contribution in [-0.4, -0.2) is 35.1 Å². The summed E-state index contributed by atoms with van der Waals surface area (Å²) in [5.41, 5.74) is 2.92. The van der Waals surface area contributed by atoms with E-state index in [4.69, 9.17) is 0 Å². The maximum absolute atomic E-state index is 11.2. The molecular formula is C18H25NO2. The van der Waals surface area contributed by atoms with E-state index in [1.165, 1.54) is 56.1 Å². The van der Waals surface area contributed by atoms with E-state index in [0.717, 1.165) is 6.54 Å². The van der Waals surface area contributed by atoms with Crippen molar-refractivity contribution in [1.29, 1.82) is 0 Å². The third kappa shape index (κ3) is 3.46. The number of nitrogens with zero attached hydrogens (tertiary/aromatic N) is 1. The van der Waals surface area contributed by atoms with E-state index < -0.39 is 5.97 Å². The van der Waals surface area contributed by atoms with Gasteiger partial charge in [0.2, 0.25) is 0 Å². The van der Waals surface area contributed by atoms with Gasteiger partial charge in [0.1, 0.15) is 0 Å². The van der Waals surface area contributed by atoms with Crippen LogP contribution in [0.2, 0.25) is 0 Å². The van der Waals surface area contributed by atoms with Crippen LogP contribution < -0.4 is 0 Å². The molecule has 1 fully saturated rings. The summed E-state index contributed by atoms with van der Waals surface area (Å²) in [5, 5.41) is 9.23. The fourth-order valence-corrected chi connectivity index (χ4v) is 4.11. The molecule has 21 heavy (non-hydrogen) atoms. The number of carboxylic acids is 1. The maximum atomic E-state index is 11.2. The van der Waals surface area contributed by atoms with Crippen molar-refractivity contribution in [2.75, 3.05) is 13.1 Å². The minimum Gasteiger partial charge on any atom is -0.480 e. The predicted molar refractivity (Wildman–Crippen MR) is 83.6 cm³/mol. The molecule has 1 aromatic carbocycles. The van der Waals surface area contributed by atoms with Crippen molar-refractivity contribution in [1.82, 2.24) is 4.90 Å². The lowest BCUT2D eigenvalue weighted by molar-refractivity contribution is -0.139. The largest absolute Gasteiger partial charge is 0.480 e. The molecule has 0 bridgehead atoms. The summed E-state index contributed by atoms with van der Waals surface area (Å²) in [4.78, 5) is 13.5. The Bertz CT molecular complexity index is 494. The van der Waals surface area contributed by atoms with Gasteiger partial charge >= 0.3 is 5.97 Å². The molecular weight excluding hydrogens is 262 g/mol. The molecule has 0 aliphatic heterocycles. The zero-order valence-corrected chi connectivity index (χ0v) is 12.6. The summed E-state index contributed by atoms with van der Waals surface area (Å²) >= 11 is 0. The fourth-order valence-electron chi connectivity index (χ4n) is 4.11. The molecule has 1 unspecified atom stereocenters. The van der Waals surface area contributed by atoms with E-state index >= 15 is 0 Å². The van der Waals surface area contributed by atoms with E-state index in [0.29, 0.717) is 12.0 Å². The quantitative estimate of drug-likeness (QED) is 0.902. The fraction of sp³-hybridized carbons (Fsp3) is 0.611. The first kappa shape index (κ1) is 14.6. The van der Waals surface area contributed by atoms with Gasteiger partial charge in [-0.05, 0) is 49.1 Å². The Hall–Kier alpha value is -1.35. The summed E-state index contributed by atoms with van der Waals surface area (Å²) in [6, 6.07) is 9.20. The number of carboxylic acid groups (broad SMARTS) is 1. The molecule has 0 saturated heterocycles. The van der Waals surface area contributed by atoms with Crippen LogP contribution in [0.1, 0.15) is 55.6 Å². The summed E-state index contributed by atoms with van der Waals surface area (Å²) in [5.74, 6) is -0.180. The van der Waals surface area contributed by atoms with Crippen molar-refractivity contribution < 1.29 is 9.90 Å². The van der Waals surface area contributed by atoms with Crippen molar-refractivity contribution in [3.05, 3.63) is 35.4 Å². The molecule has 0 aromatic heterocycles. The Morgan fingerprint density at radius 1 is 1.14 bits per heavy atom. The number of fused-ring (bicyclic) bond motifs is 1. The van der Waals surface area contributed by atoms with Gasteiger partial charge in [0.05, 0.1) is 6.54 Å². The summed E-state index contributed by atoms with van der Waals surface area (Å²) in [6.45, 7) is 1.11. The van der Waals surface area contributed by atoms with E-state index in [1.807, 2.05) is 0 Å². The SMILES string of the molecule is O=C(O)CN(CC1CCCc2ccccc21)C1CCCC1. The van der Waals surface area contributed by atoms with Crippen LogP contribution in [0.15, 0.2) is 24.3 Å². The minimum atomic E-state index is -0.689. The van der Waals surface area contributed by atoms with Gasteiger partial charge in [-0.15, -0.1) is 0 Å². The summed E-state index contributed by atoms with van der Waals surface area (Å²) in [6.07, 6.45) is 8.44. The van der Waals surface area contributed by atoms with Crippen molar-refractivity contribution in [2.24, 2.45) is 0 Å². The summed E-state index contributed by atoms with van der Waals surface area (Å²) in [7, 11) is 0. The molecule has 3 rings (SSSR count). The van der Waals surface area contributed by atoms with Crippen LogP contribution in [0.5, 0.6) is 0 Å². The molecule has 2 aliphatic rings. The first-order valence-electron chi connectivity index (χ1n) is 8.27. The predicted octanol–water partition coefficient (Wildman–Crippen LogP) is 3.44. The second kappa shape index (κ2) is 6.61. The maximum Gasteiger partial charge on any atom is 0.317 e. The molecule has 3 nitrogen and oxygen atoms in total. The van der Waals surface area contributed by atoms with E-state index in [2.05, 4.69) is 29.2 Å². The van der Waals surface area contributed by atoms with Crippen molar-refractivity contribution >= 4 is 5.97 Å². The van der Waals surface area contributed by atoms with Crippen LogP contribution in [0.25, 0.3) is 0 Å². The first-order chi connectivity index (χ1) is 10.2. The molecule has 1 saturated carbocycles. The number of benzene rings is 1. The monoisotopic (exact) mass is 287 g/mol. The second-order valence-corrected chi connectivity index (χ2v) is 6.55. The Morgan fingerprint density at radius 3 is 2.67 bits per heavy atom. The molecule has 3 heteroatoms. The molecule has 0 spiro atoms. The lowest BCUT2D eigenvalue weighted by Crippen LogP contribution is -2.40. The normalized spacial score (nSPS) is 22.4. The lowest BCUT2D eigenvalue weighted by atomic mass is 9.82. The van der Waals surface area contributed by atoms with Gasteiger partial charge in [-0.1, -0.05) is 37.1 Å². The van der Waals surface area contributed by atoms with Gasteiger partial charge in [-0.25, -0.2) is 0 Å². The molecule has 0 heterocycles. The third-order valence-electron chi connectivity index (χ3n) is 5.13. The minimum absolute atomic E-state index is 0.198. The molecule has 1 aromatic rings. The van der Waals surface area contributed by atoms with Crippen LogP contribution in [0.3, 0.4) is 0 Å². The van der Waals surface area contributed by atoms with Crippen LogP contribution >= 0.6 is 0 Å². The number of hydrogen-bond acceptors (Lipinski definition) is 2. The zero-order valence-electron chi connectivity index (χ0n) is 12.6. The molecule has 2 aliphatic carbocycles. The number of hydrogen-bond donors (Lipinski definition) is 1. The number of aryl methyl sites for hydroxylation is 1. The highest BCUT2D eigenvalue weighted by Gasteiger charge is 2.28. The van der Waals surface area contributed by atoms with Gasteiger partial charge in [0.25, 0.3) is 0 Å². The second-order valence-electron chi connectivity index (χ2n) is 6.55. The topological polar surface area (TPSA) is 40.5 Å². The zero-order chi connectivity index (χ0) is 14.7. The van der Waals surface area contributed by atoms with Crippen LogP contribution in [0.4, 0.5) is 0 Å². The number of aliphatic carboxylic acids is 1. The standard InChI is InChI=1S/C18H25NO2/c20-18(21)13-19(16-9-2-3-10-16)12-15-8-5-7-14-6-1-4-11-17(14)15/h1,4,6,11,15-16H,2-3,5,7-10,12-13H2,(H,20,21). The van der Waals surface area contributed by atoms with Gasteiger partial charge in [-0.2, -0.15) is 0 Å². The van der Waals surface area contributed by atoms with Crippen LogP contribution in [-0.2, 0) is 11.2 Å². The Balaban J connectivity index is 1.75. The highest BCUT2D eigenvalue weighted by molar-refractivity contribution is 5.69. The van der Waals surface area contributed by atoms with E-state index in [1.54, 1.807) is 0 Å². The van der Waals surface area contributed by atoms with Gasteiger partial charge in [0.15, 0.2) is 0 Å². The van der Waals surface area contributed by atoms with Crippen molar-refractivity contribution in [2.45, 2.75) is 56.9 Å². The Morgan fingerprint density at radius 2 is 1.90 bits per heavy atom. The van der Waals surface area contributed by atoms with Crippen molar-refractivity contribution in [3.63, 3.8) is 0 Å². The molecule has 114 valence electrons. The molecule has 0 amide bonds. The molecule has 1 N–H and O–H groups in total. The van der Waals surface area contributed by atoms with E-state index in [9.17, 15) is 9.90 Å². The van der Waals surface area contributed by atoms with Crippen LogP contribution in [0, 0.1) is 0 Å². The number of rotatable bonds is 5. The average Bonchev–Trinajstić information content (AvgIpc) is 3.01. The highest BCUT2D eigenvalue weighted by Crippen LogP contribution is 2.34. The number of carbonyl (C=O) groups is 1. The van der Waals surface area contributed by atoms with E-state index in [-0.39, 0.29) is 6.54 Å². The highest BCUT2D eigenvalue weighted by atomic mass is 16.4. The average molecular weight is 287 g/mol. The Kier molecular flexibility index (Phi) is 4.59. The van der Waals surface area contributed by atoms with Gasteiger partial charge < -0.3 is 5.11 Å². The van der Waals surface area contributed by atoms with Gasteiger partial charge in [0, 0.05) is 12.6 Å². The molecule has 0 radical (unpaired) electrons. The van der Waals surface area contributed by atoms with Gasteiger partial charge in [-0.3, -0.25) is 9.69 Å². The smallest absolute Gasteiger partial charge is 0.317 e. The van der Waals surface area contributed by atoms with Crippen molar-refractivity contribution in [3.8, 4) is 0 Å². The first-order valence-corrected chi connectivity index (χ1v) is 8.27. The lowest BCUT2D eigenvalue weighted by Gasteiger charge is -2.34. The third-order valence-corrected chi connectivity index (χ3v) is 5.13. The molecule has 1 atom stereocenters. The summed E-state index contributed by atoms with van der Waals surface area (Å²) < 4.78 is 0. The Labute approximate surface area is 127 Å².